The summed E-state index contributed by atoms with van der Waals surface area (Å²) in [7, 11) is 0. The molecular formula is C15H17Cl2NO3. The van der Waals surface area contributed by atoms with Crippen molar-refractivity contribution in [2.24, 2.45) is 5.92 Å². The van der Waals surface area contributed by atoms with Crippen molar-refractivity contribution < 1.29 is 14.7 Å². The second-order valence-electron chi connectivity index (χ2n) is 4.96. The zero-order chi connectivity index (χ0) is 16.0. The number of nitrogens with one attached hydrogen (secondary N) is 1. The van der Waals surface area contributed by atoms with E-state index in [4.69, 9.17) is 28.3 Å². The van der Waals surface area contributed by atoms with E-state index in [0.29, 0.717) is 10.0 Å². The number of carboxylic acids is 1. The molecule has 2 N–H and O–H groups in total. The van der Waals surface area contributed by atoms with Crippen LogP contribution in [0.15, 0.2) is 24.3 Å². The van der Waals surface area contributed by atoms with E-state index in [-0.39, 0.29) is 18.2 Å². The molecule has 0 aromatic heterocycles. The molecule has 1 unspecified atom stereocenters. The largest absolute Gasteiger partial charge is 0.481 e. The van der Waals surface area contributed by atoms with Crippen LogP contribution in [0.1, 0.15) is 25.8 Å². The van der Waals surface area contributed by atoms with E-state index in [1.165, 1.54) is 6.08 Å². The summed E-state index contributed by atoms with van der Waals surface area (Å²) >= 11 is 11.7. The van der Waals surface area contributed by atoms with Gasteiger partial charge in [-0.15, -0.1) is 0 Å². The van der Waals surface area contributed by atoms with Gasteiger partial charge in [0.15, 0.2) is 0 Å². The number of hydrogen-bond acceptors (Lipinski definition) is 2. The van der Waals surface area contributed by atoms with Crippen LogP contribution in [0.4, 0.5) is 0 Å². The third kappa shape index (κ3) is 6.19. The van der Waals surface area contributed by atoms with Crippen molar-refractivity contribution in [3.8, 4) is 0 Å². The van der Waals surface area contributed by atoms with Gasteiger partial charge in [0.25, 0.3) is 0 Å². The molecule has 1 aromatic rings. The van der Waals surface area contributed by atoms with E-state index in [9.17, 15) is 9.59 Å². The summed E-state index contributed by atoms with van der Waals surface area (Å²) in [6, 6.07) is 4.61. The lowest BCUT2D eigenvalue weighted by atomic mass is 10.0. The van der Waals surface area contributed by atoms with Crippen LogP contribution in [-0.4, -0.2) is 23.0 Å². The highest BCUT2D eigenvalue weighted by Crippen LogP contribution is 2.23. The van der Waals surface area contributed by atoms with Crippen LogP contribution in [0.3, 0.4) is 0 Å². The third-order valence-corrected chi connectivity index (χ3v) is 3.64. The average molecular weight is 330 g/mol. The molecule has 21 heavy (non-hydrogen) atoms. The third-order valence-electron chi connectivity index (χ3n) is 2.90. The molecule has 0 radical (unpaired) electrons. The Morgan fingerprint density at radius 2 is 1.95 bits per heavy atom. The number of carboxylic acid groups (broad SMARTS) is 1. The van der Waals surface area contributed by atoms with Crippen molar-refractivity contribution in [2.45, 2.75) is 26.3 Å². The van der Waals surface area contributed by atoms with Crippen molar-refractivity contribution in [3.05, 3.63) is 39.9 Å². The molecule has 0 saturated carbocycles. The minimum absolute atomic E-state index is 0.0310. The second kappa shape index (κ2) is 8.05. The van der Waals surface area contributed by atoms with Crippen molar-refractivity contribution >= 4 is 41.2 Å². The fourth-order valence-corrected chi connectivity index (χ4v) is 1.97. The Kier molecular flexibility index (Phi) is 6.72. The first-order chi connectivity index (χ1) is 9.79. The van der Waals surface area contributed by atoms with Crippen LogP contribution in [0.2, 0.25) is 10.0 Å². The lowest BCUT2D eigenvalue weighted by molar-refractivity contribution is -0.138. The van der Waals surface area contributed by atoms with Gasteiger partial charge >= 0.3 is 5.97 Å². The summed E-state index contributed by atoms with van der Waals surface area (Å²) in [6.45, 7) is 3.72. The van der Waals surface area contributed by atoms with Gasteiger partial charge in [-0.05, 0) is 29.7 Å². The molecule has 6 heteroatoms. The molecular weight excluding hydrogens is 313 g/mol. The first-order valence-corrected chi connectivity index (χ1v) is 7.20. The molecule has 0 aliphatic heterocycles. The zero-order valence-corrected chi connectivity index (χ0v) is 13.3. The monoisotopic (exact) mass is 329 g/mol. The van der Waals surface area contributed by atoms with E-state index in [1.54, 1.807) is 24.3 Å². The van der Waals surface area contributed by atoms with E-state index in [0.717, 1.165) is 5.56 Å². The molecule has 1 amide bonds. The normalized spacial score (nSPS) is 12.6. The molecule has 0 spiro atoms. The van der Waals surface area contributed by atoms with Crippen LogP contribution >= 0.6 is 23.2 Å². The Balaban J connectivity index is 2.68. The van der Waals surface area contributed by atoms with Gasteiger partial charge in [0, 0.05) is 12.1 Å². The molecule has 1 rings (SSSR count). The Hall–Kier alpha value is -1.52. The zero-order valence-electron chi connectivity index (χ0n) is 11.8. The van der Waals surface area contributed by atoms with Crippen LogP contribution in [0.5, 0.6) is 0 Å². The number of amides is 1. The summed E-state index contributed by atoms with van der Waals surface area (Å²) in [5.74, 6) is -1.26. The summed E-state index contributed by atoms with van der Waals surface area (Å²) < 4.78 is 0. The highest BCUT2D eigenvalue weighted by Gasteiger charge is 2.18. The van der Waals surface area contributed by atoms with E-state index < -0.39 is 12.0 Å². The lowest BCUT2D eigenvalue weighted by Gasteiger charge is -2.19. The van der Waals surface area contributed by atoms with Crippen LogP contribution < -0.4 is 5.32 Å². The van der Waals surface area contributed by atoms with Gasteiger partial charge in [-0.2, -0.15) is 0 Å². The van der Waals surface area contributed by atoms with Crippen molar-refractivity contribution in [1.29, 1.82) is 0 Å². The molecule has 1 aromatic carbocycles. The van der Waals surface area contributed by atoms with Crippen LogP contribution in [-0.2, 0) is 9.59 Å². The van der Waals surface area contributed by atoms with Gasteiger partial charge in [0.1, 0.15) is 0 Å². The number of carbonyl (C=O) groups is 2. The van der Waals surface area contributed by atoms with Crippen LogP contribution in [0.25, 0.3) is 6.08 Å². The highest BCUT2D eigenvalue weighted by molar-refractivity contribution is 6.42. The maximum absolute atomic E-state index is 11.8. The summed E-state index contributed by atoms with van der Waals surface area (Å²) in [5.41, 5.74) is 0.735. The molecule has 114 valence electrons. The molecule has 0 bridgehead atoms. The number of hydrogen-bond donors (Lipinski definition) is 2. The number of rotatable bonds is 6. The summed E-state index contributed by atoms with van der Waals surface area (Å²) in [6.07, 6.45) is 2.83. The smallest absolute Gasteiger partial charge is 0.305 e. The summed E-state index contributed by atoms with van der Waals surface area (Å²) in [5, 5.41) is 12.3. The quantitative estimate of drug-likeness (QED) is 0.783. The molecule has 0 saturated heterocycles. The van der Waals surface area contributed by atoms with E-state index in [2.05, 4.69) is 5.32 Å². The van der Waals surface area contributed by atoms with Gasteiger partial charge in [-0.25, -0.2) is 0 Å². The fourth-order valence-electron chi connectivity index (χ4n) is 1.66. The number of benzene rings is 1. The predicted octanol–water partition coefficient (Wildman–Crippen LogP) is 3.62. The minimum Gasteiger partial charge on any atom is -0.481 e. The average Bonchev–Trinajstić information content (AvgIpc) is 2.38. The first-order valence-electron chi connectivity index (χ1n) is 6.45. The number of carbonyl (C=O) groups excluding carboxylic acids is 1. The molecule has 0 fully saturated rings. The molecule has 0 heterocycles. The lowest BCUT2D eigenvalue weighted by Crippen LogP contribution is -2.39. The van der Waals surface area contributed by atoms with Crippen molar-refractivity contribution in [3.63, 3.8) is 0 Å². The van der Waals surface area contributed by atoms with Crippen molar-refractivity contribution in [2.75, 3.05) is 0 Å². The van der Waals surface area contributed by atoms with Gasteiger partial charge in [-0.1, -0.05) is 43.1 Å². The fraction of sp³-hybridized carbons (Fsp3) is 0.333. The van der Waals surface area contributed by atoms with Crippen LogP contribution in [0, 0.1) is 5.92 Å². The molecule has 1 atom stereocenters. The standard InChI is InChI=1S/C15H17Cl2NO3/c1-9(2)13(8-15(20)21)18-14(19)6-4-10-3-5-11(16)12(17)7-10/h3-7,9,13H,8H2,1-2H3,(H,18,19)(H,20,21)/b6-4+. The minimum atomic E-state index is -0.942. The van der Waals surface area contributed by atoms with Gasteiger partial charge in [-0.3, -0.25) is 9.59 Å². The first kappa shape index (κ1) is 17.5. The molecule has 0 aliphatic carbocycles. The topological polar surface area (TPSA) is 66.4 Å². The Labute approximate surface area is 133 Å². The maximum atomic E-state index is 11.8. The molecule has 4 nitrogen and oxygen atoms in total. The second-order valence-corrected chi connectivity index (χ2v) is 5.78. The summed E-state index contributed by atoms with van der Waals surface area (Å²) in [4.78, 5) is 22.6. The van der Waals surface area contributed by atoms with Gasteiger partial charge in [0.05, 0.1) is 16.5 Å². The number of aliphatic carboxylic acids is 1. The SMILES string of the molecule is CC(C)C(CC(=O)O)NC(=O)/C=C/c1ccc(Cl)c(Cl)c1. The Bertz CT molecular complexity index is 556. The predicted molar refractivity (Wildman–Crippen MR) is 84.5 cm³/mol. The maximum Gasteiger partial charge on any atom is 0.305 e. The number of halogens is 2. The van der Waals surface area contributed by atoms with Gasteiger partial charge < -0.3 is 10.4 Å². The Morgan fingerprint density at radius 1 is 1.29 bits per heavy atom. The highest BCUT2D eigenvalue weighted by atomic mass is 35.5. The van der Waals surface area contributed by atoms with E-state index in [1.807, 2.05) is 13.8 Å². The van der Waals surface area contributed by atoms with Gasteiger partial charge in [0.2, 0.25) is 5.91 Å². The Morgan fingerprint density at radius 3 is 2.48 bits per heavy atom. The van der Waals surface area contributed by atoms with Crippen molar-refractivity contribution in [1.82, 2.24) is 5.32 Å². The molecule has 0 aliphatic rings. The van der Waals surface area contributed by atoms with E-state index >= 15 is 0 Å².